The lowest BCUT2D eigenvalue weighted by atomic mass is 10.0. The zero-order valence-electron chi connectivity index (χ0n) is 21.0. The molecule has 1 atom stereocenters. The summed E-state index contributed by atoms with van der Waals surface area (Å²) in [5.74, 6) is -5.05. The van der Waals surface area contributed by atoms with Crippen LogP contribution in [0.15, 0.2) is 42.5 Å². The molecule has 2 aromatic carbocycles. The number of halogens is 3. The third kappa shape index (κ3) is 5.30. The van der Waals surface area contributed by atoms with Gasteiger partial charge in [-0.25, -0.2) is 17.9 Å². The highest BCUT2D eigenvalue weighted by Gasteiger charge is 2.47. The van der Waals surface area contributed by atoms with Crippen LogP contribution < -0.4 is 21.5 Å². The van der Waals surface area contributed by atoms with Gasteiger partial charge in [0.15, 0.2) is 0 Å². The fourth-order valence-corrected chi connectivity index (χ4v) is 4.62. The molecule has 0 bridgehead atoms. The molecule has 1 unspecified atom stereocenters. The number of ether oxygens (including phenoxy) is 1. The minimum Gasteiger partial charge on any atom is -0.496 e. The smallest absolute Gasteiger partial charge is 0.282 e. The molecule has 202 valence electrons. The van der Waals surface area contributed by atoms with Crippen molar-refractivity contribution in [3.8, 4) is 17.0 Å². The van der Waals surface area contributed by atoms with Crippen molar-refractivity contribution >= 4 is 17.6 Å². The molecule has 38 heavy (non-hydrogen) atoms. The molecular weight excluding hydrogens is 501 g/mol. The van der Waals surface area contributed by atoms with E-state index in [1.54, 1.807) is 29.2 Å². The number of rotatable bonds is 8. The summed E-state index contributed by atoms with van der Waals surface area (Å²) in [5, 5.41) is 7.01. The van der Waals surface area contributed by atoms with E-state index in [0.29, 0.717) is 24.2 Å². The number of anilines is 1. The lowest BCUT2D eigenvalue weighted by molar-refractivity contribution is -0.105. The highest BCUT2D eigenvalue weighted by atomic mass is 19.3. The molecule has 0 radical (unpaired) electrons. The number of methoxy groups -OCH3 is 1. The number of carbonyl (C=O) groups excluding carboxylic acids is 2. The maximum Gasteiger partial charge on any atom is 0.282 e. The summed E-state index contributed by atoms with van der Waals surface area (Å²) in [4.78, 5) is 26.4. The van der Waals surface area contributed by atoms with Crippen molar-refractivity contribution in [2.24, 2.45) is 5.73 Å². The average Bonchev–Trinajstić information content (AvgIpc) is 3.23. The number of carbonyl (C=O) groups is 2. The molecule has 1 fully saturated rings. The van der Waals surface area contributed by atoms with E-state index < -0.39 is 36.1 Å². The lowest BCUT2D eigenvalue weighted by Gasteiger charge is -2.38. The van der Waals surface area contributed by atoms with E-state index in [1.807, 2.05) is 6.92 Å². The molecule has 9 nitrogen and oxygen atoms in total. The third-order valence-electron chi connectivity index (χ3n) is 6.66. The molecule has 2 heterocycles. The minimum absolute atomic E-state index is 0.0535. The zero-order chi connectivity index (χ0) is 27.6. The molecule has 0 spiro atoms. The van der Waals surface area contributed by atoms with Gasteiger partial charge in [-0.05, 0) is 36.7 Å². The Morgan fingerprint density at radius 3 is 2.53 bits per heavy atom. The second-order valence-corrected chi connectivity index (χ2v) is 9.08. The van der Waals surface area contributed by atoms with Crippen LogP contribution in [0.1, 0.15) is 45.7 Å². The van der Waals surface area contributed by atoms with Crippen molar-refractivity contribution in [1.29, 1.82) is 0 Å². The van der Waals surface area contributed by atoms with Crippen LogP contribution in [0.3, 0.4) is 0 Å². The van der Waals surface area contributed by atoms with Crippen LogP contribution in [0.2, 0.25) is 0 Å². The standard InChI is InChI=1S/C26H29F3N6O3/c1-3-34-11-10-20(26(28,29)14-34)35-23(30)21(24(31)36)22(33-35)16-6-4-15(5-7-16)13-32-25(37)18-12-17(27)8-9-19(18)38-2/h4-9,12,20H,3,10-11,13-14,30H2,1-2H3,(H2,31,36)(H,32,37). The molecule has 1 aliphatic rings. The Kier molecular flexibility index (Phi) is 7.63. The van der Waals surface area contributed by atoms with E-state index in [0.717, 1.165) is 10.7 Å². The number of nitrogens with zero attached hydrogens (tertiary/aromatic N) is 3. The summed E-state index contributed by atoms with van der Waals surface area (Å²) < 4.78 is 49.7. The largest absolute Gasteiger partial charge is 0.496 e. The number of aromatic nitrogens is 2. The highest BCUT2D eigenvalue weighted by Crippen LogP contribution is 2.40. The van der Waals surface area contributed by atoms with Crippen molar-refractivity contribution in [3.63, 3.8) is 0 Å². The number of amides is 2. The molecule has 1 saturated heterocycles. The predicted octanol–water partition coefficient (Wildman–Crippen LogP) is 3.21. The molecule has 1 aromatic heterocycles. The number of alkyl halides is 2. The first kappa shape index (κ1) is 27.0. The number of hydrogen-bond donors (Lipinski definition) is 3. The van der Waals surface area contributed by atoms with E-state index in [1.165, 1.54) is 19.2 Å². The second-order valence-electron chi connectivity index (χ2n) is 9.08. The molecular formula is C26H29F3N6O3. The summed E-state index contributed by atoms with van der Waals surface area (Å²) >= 11 is 0. The van der Waals surface area contributed by atoms with E-state index >= 15 is 0 Å². The zero-order valence-corrected chi connectivity index (χ0v) is 21.0. The third-order valence-corrected chi connectivity index (χ3v) is 6.66. The normalized spacial score (nSPS) is 17.2. The van der Waals surface area contributed by atoms with E-state index in [4.69, 9.17) is 16.2 Å². The van der Waals surface area contributed by atoms with Gasteiger partial charge < -0.3 is 21.5 Å². The number of likely N-dealkylation sites (tertiary alicyclic amines) is 1. The van der Waals surface area contributed by atoms with Gasteiger partial charge in [0, 0.05) is 18.7 Å². The second kappa shape index (κ2) is 10.7. The number of nitrogens with one attached hydrogen (secondary N) is 1. The van der Waals surface area contributed by atoms with Crippen molar-refractivity contribution < 1.29 is 27.5 Å². The number of nitrogens with two attached hydrogens (primary N) is 2. The van der Waals surface area contributed by atoms with E-state index in [-0.39, 0.29) is 41.4 Å². The molecule has 1 aliphatic heterocycles. The van der Waals surface area contributed by atoms with Crippen molar-refractivity contribution in [1.82, 2.24) is 20.0 Å². The van der Waals surface area contributed by atoms with Crippen molar-refractivity contribution in [3.05, 3.63) is 65.0 Å². The topological polar surface area (TPSA) is 128 Å². The maximum absolute atomic E-state index is 15.0. The van der Waals surface area contributed by atoms with Crippen LogP contribution in [-0.4, -0.2) is 59.2 Å². The first-order chi connectivity index (χ1) is 18.1. The Labute approximate surface area is 217 Å². The van der Waals surface area contributed by atoms with Crippen LogP contribution in [0.5, 0.6) is 5.75 Å². The van der Waals surface area contributed by atoms with Gasteiger partial charge in [0.1, 0.15) is 34.7 Å². The Hall–Kier alpha value is -4.06. The number of nitrogen functional groups attached to an aromatic ring is 1. The molecule has 3 aromatic rings. The number of hydrogen-bond acceptors (Lipinski definition) is 6. The summed E-state index contributed by atoms with van der Waals surface area (Å²) in [6, 6.07) is 8.92. The number of benzene rings is 2. The van der Waals surface area contributed by atoms with Crippen LogP contribution in [0, 0.1) is 5.82 Å². The lowest BCUT2D eigenvalue weighted by Crippen LogP contribution is -2.49. The van der Waals surface area contributed by atoms with E-state index in [2.05, 4.69) is 10.4 Å². The first-order valence-electron chi connectivity index (χ1n) is 12.0. The molecule has 4 rings (SSSR count). The Bertz CT molecular complexity index is 1340. The maximum atomic E-state index is 15.0. The highest BCUT2D eigenvalue weighted by molar-refractivity contribution is 6.03. The molecule has 5 N–H and O–H groups in total. The quantitative estimate of drug-likeness (QED) is 0.410. The van der Waals surface area contributed by atoms with Gasteiger partial charge >= 0.3 is 0 Å². The summed E-state index contributed by atoms with van der Waals surface area (Å²) in [6.45, 7) is 2.43. The molecule has 0 aliphatic carbocycles. The number of piperidine rings is 1. The van der Waals surface area contributed by atoms with Gasteiger partial charge in [-0.15, -0.1) is 0 Å². The Morgan fingerprint density at radius 2 is 1.92 bits per heavy atom. The molecule has 12 heteroatoms. The SMILES string of the molecule is CCN1CCC(n2nc(-c3ccc(CNC(=O)c4cc(F)ccc4OC)cc3)c(C(N)=O)c2N)C(F)(F)C1. The van der Waals surface area contributed by atoms with Gasteiger partial charge in [0.2, 0.25) is 0 Å². The summed E-state index contributed by atoms with van der Waals surface area (Å²) in [5.41, 5.74) is 12.8. The van der Waals surface area contributed by atoms with Gasteiger partial charge in [-0.1, -0.05) is 31.2 Å². The van der Waals surface area contributed by atoms with Crippen LogP contribution in [0.4, 0.5) is 19.0 Å². The van der Waals surface area contributed by atoms with Crippen LogP contribution >= 0.6 is 0 Å². The van der Waals surface area contributed by atoms with Crippen LogP contribution in [-0.2, 0) is 6.54 Å². The summed E-state index contributed by atoms with van der Waals surface area (Å²) in [6.07, 6.45) is 0.110. The van der Waals surface area contributed by atoms with Gasteiger partial charge in [0.25, 0.3) is 17.7 Å². The fourth-order valence-electron chi connectivity index (χ4n) is 4.62. The minimum atomic E-state index is -3.10. The predicted molar refractivity (Wildman–Crippen MR) is 135 cm³/mol. The molecule has 2 amide bonds. The van der Waals surface area contributed by atoms with Crippen molar-refractivity contribution in [2.75, 3.05) is 32.5 Å². The Balaban J connectivity index is 1.56. The summed E-state index contributed by atoms with van der Waals surface area (Å²) in [7, 11) is 1.38. The van der Waals surface area contributed by atoms with Crippen molar-refractivity contribution in [2.45, 2.75) is 31.9 Å². The van der Waals surface area contributed by atoms with Gasteiger partial charge in [-0.2, -0.15) is 5.10 Å². The van der Waals surface area contributed by atoms with Gasteiger partial charge in [0.05, 0.1) is 19.2 Å². The Morgan fingerprint density at radius 1 is 1.21 bits per heavy atom. The average molecular weight is 531 g/mol. The monoisotopic (exact) mass is 530 g/mol. The van der Waals surface area contributed by atoms with Gasteiger partial charge in [-0.3, -0.25) is 14.5 Å². The molecule has 0 saturated carbocycles. The first-order valence-corrected chi connectivity index (χ1v) is 12.0. The van der Waals surface area contributed by atoms with E-state index in [9.17, 15) is 22.8 Å². The van der Waals surface area contributed by atoms with Crippen LogP contribution in [0.25, 0.3) is 11.3 Å². The number of primary amides is 1. The fraction of sp³-hybridized carbons (Fsp3) is 0.346.